The summed E-state index contributed by atoms with van der Waals surface area (Å²) in [6.45, 7) is 4.59. The van der Waals surface area contributed by atoms with E-state index in [-0.39, 0.29) is 11.6 Å². The second kappa shape index (κ2) is 8.20. The fraction of sp³-hybridized carbons (Fsp3) is 0.200. The zero-order valence-electron chi connectivity index (χ0n) is 14.9. The summed E-state index contributed by atoms with van der Waals surface area (Å²) >= 11 is 0. The molecule has 3 rings (SSSR count). The second-order valence-electron chi connectivity index (χ2n) is 5.93. The molecule has 0 aliphatic rings. The van der Waals surface area contributed by atoms with Crippen molar-refractivity contribution >= 4 is 17.4 Å². The monoisotopic (exact) mass is 347 g/mol. The molecule has 0 saturated heterocycles. The van der Waals surface area contributed by atoms with Crippen molar-refractivity contribution in [3.63, 3.8) is 0 Å². The minimum Gasteiger partial charge on any atom is -0.347 e. The third-order valence-corrected chi connectivity index (χ3v) is 4.09. The first-order chi connectivity index (χ1) is 12.7. The summed E-state index contributed by atoms with van der Waals surface area (Å²) in [5.74, 6) is 0.352. The Kier molecular flexibility index (Phi) is 5.53. The highest BCUT2D eigenvalue weighted by Crippen LogP contribution is 2.24. The van der Waals surface area contributed by atoms with Gasteiger partial charge in [0.1, 0.15) is 0 Å². The third-order valence-electron chi connectivity index (χ3n) is 4.09. The molecule has 0 aliphatic carbocycles. The normalized spacial score (nSPS) is 10.4. The standard InChI is InChI=1S/C20H21N5O/c1-3-16-6-4-5-14(2)19(16)23-18-8-7-17(24-25-18)20(26)22-13-15-9-11-21-12-10-15/h4-12H,3,13H2,1-2H3,(H,22,26)(H,23,25). The van der Waals surface area contributed by atoms with Crippen LogP contribution < -0.4 is 10.6 Å². The van der Waals surface area contributed by atoms with Gasteiger partial charge in [0, 0.05) is 24.6 Å². The van der Waals surface area contributed by atoms with E-state index in [1.807, 2.05) is 18.2 Å². The molecule has 0 unspecified atom stereocenters. The molecule has 0 radical (unpaired) electrons. The van der Waals surface area contributed by atoms with Gasteiger partial charge >= 0.3 is 0 Å². The maximum atomic E-state index is 12.2. The SMILES string of the molecule is CCc1cccc(C)c1Nc1ccc(C(=O)NCc2ccncc2)nn1. The number of carbonyl (C=O) groups is 1. The van der Waals surface area contributed by atoms with Crippen molar-refractivity contribution in [2.75, 3.05) is 5.32 Å². The molecule has 0 bridgehead atoms. The number of aromatic nitrogens is 3. The number of anilines is 2. The molecule has 2 aromatic heterocycles. The van der Waals surface area contributed by atoms with Crippen LogP contribution in [0.15, 0.2) is 54.9 Å². The Morgan fingerprint density at radius 3 is 2.54 bits per heavy atom. The molecule has 0 saturated carbocycles. The first-order valence-corrected chi connectivity index (χ1v) is 8.53. The van der Waals surface area contributed by atoms with Crippen molar-refractivity contribution in [3.05, 3.63) is 77.2 Å². The zero-order chi connectivity index (χ0) is 18.4. The summed E-state index contributed by atoms with van der Waals surface area (Å²) in [6, 6.07) is 13.3. The molecule has 2 N–H and O–H groups in total. The van der Waals surface area contributed by atoms with E-state index in [0.29, 0.717) is 12.4 Å². The number of benzene rings is 1. The van der Waals surface area contributed by atoms with Crippen LogP contribution in [0.3, 0.4) is 0 Å². The molecule has 1 amide bonds. The van der Waals surface area contributed by atoms with Gasteiger partial charge in [0.25, 0.3) is 5.91 Å². The van der Waals surface area contributed by atoms with Gasteiger partial charge in [-0.2, -0.15) is 0 Å². The highest BCUT2D eigenvalue weighted by Gasteiger charge is 2.10. The molecule has 1 aromatic carbocycles. The van der Waals surface area contributed by atoms with Crippen molar-refractivity contribution in [2.45, 2.75) is 26.8 Å². The zero-order valence-corrected chi connectivity index (χ0v) is 14.9. The predicted octanol–water partition coefficient (Wildman–Crippen LogP) is 3.42. The Labute approximate surface area is 152 Å². The molecule has 0 atom stereocenters. The van der Waals surface area contributed by atoms with Crippen molar-refractivity contribution in [2.24, 2.45) is 0 Å². The molecule has 26 heavy (non-hydrogen) atoms. The lowest BCUT2D eigenvalue weighted by molar-refractivity contribution is 0.0945. The smallest absolute Gasteiger partial charge is 0.272 e. The highest BCUT2D eigenvalue weighted by molar-refractivity contribution is 5.92. The number of hydrogen-bond acceptors (Lipinski definition) is 5. The van der Waals surface area contributed by atoms with E-state index in [0.717, 1.165) is 23.2 Å². The minimum absolute atomic E-state index is 0.258. The van der Waals surface area contributed by atoms with Gasteiger partial charge in [-0.25, -0.2) is 0 Å². The largest absolute Gasteiger partial charge is 0.347 e. The minimum atomic E-state index is -0.258. The van der Waals surface area contributed by atoms with E-state index in [1.165, 1.54) is 5.56 Å². The quantitative estimate of drug-likeness (QED) is 0.714. The Morgan fingerprint density at radius 2 is 1.85 bits per heavy atom. The van der Waals surface area contributed by atoms with Crippen LogP contribution in [0.2, 0.25) is 0 Å². The van der Waals surface area contributed by atoms with Crippen LogP contribution in [0.4, 0.5) is 11.5 Å². The predicted molar refractivity (Wildman–Crippen MR) is 101 cm³/mol. The fourth-order valence-electron chi connectivity index (χ4n) is 2.62. The first kappa shape index (κ1) is 17.5. The van der Waals surface area contributed by atoms with Gasteiger partial charge < -0.3 is 10.6 Å². The van der Waals surface area contributed by atoms with Gasteiger partial charge in [-0.05, 0) is 54.3 Å². The van der Waals surface area contributed by atoms with Gasteiger partial charge in [-0.1, -0.05) is 25.1 Å². The van der Waals surface area contributed by atoms with Gasteiger partial charge in [-0.3, -0.25) is 9.78 Å². The molecule has 3 aromatic rings. The lowest BCUT2D eigenvalue weighted by atomic mass is 10.1. The molecule has 6 heteroatoms. The Hall–Kier alpha value is -3.28. The highest BCUT2D eigenvalue weighted by atomic mass is 16.1. The lowest BCUT2D eigenvalue weighted by Crippen LogP contribution is -2.24. The molecular formula is C20H21N5O. The van der Waals surface area contributed by atoms with Gasteiger partial charge in [0.2, 0.25) is 0 Å². The molecule has 0 spiro atoms. The summed E-state index contributed by atoms with van der Waals surface area (Å²) in [5.41, 5.74) is 4.66. The number of nitrogens with one attached hydrogen (secondary N) is 2. The number of aryl methyl sites for hydroxylation is 2. The van der Waals surface area contributed by atoms with Gasteiger partial charge in [0.15, 0.2) is 11.5 Å². The van der Waals surface area contributed by atoms with Crippen LogP contribution in [0, 0.1) is 6.92 Å². The van der Waals surface area contributed by atoms with E-state index in [1.54, 1.807) is 24.5 Å². The summed E-state index contributed by atoms with van der Waals surface area (Å²) in [5, 5.41) is 14.3. The van der Waals surface area contributed by atoms with Gasteiger partial charge in [0.05, 0.1) is 0 Å². The number of rotatable bonds is 6. The Bertz CT molecular complexity index is 878. The van der Waals surface area contributed by atoms with Crippen LogP contribution in [-0.2, 0) is 13.0 Å². The van der Waals surface area contributed by atoms with Crippen molar-refractivity contribution < 1.29 is 4.79 Å². The topological polar surface area (TPSA) is 79.8 Å². The van der Waals surface area contributed by atoms with Crippen LogP contribution in [0.25, 0.3) is 0 Å². The van der Waals surface area contributed by atoms with E-state index in [4.69, 9.17) is 0 Å². The van der Waals surface area contributed by atoms with Crippen LogP contribution in [0.1, 0.15) is 34.1 Å². The first-order valence-electron chi connectivity index (χ1n) is 8.53. The molecule has 2 heterocycles. The summed E-state index contributed by atoms with van der Waals surface area (Å²) in [4.78, 5) is 16.1. The number of carbonyl (C=O) groups excluding carboxylic acids is 1. The molecule has 0 fully saturated rings. The maximum absolute atomic E-state index is 12.2. The van der Waals surface area contributed by atoms with Crippen molar-refractivity contribution in [1.29, 1.82) is 0 Å². The molecule has 0 aliphatic heterocycles. The van der Waals surface area contributed by atoms with Crippen LogP contribution in [0.5, 0.6) is 0 Å². The Morgan fingerprint density at radius 1 is 1.04 bits per heavy atom. The number of amides is 1. The molecular weight excluding hydrogens is 326 g/mol. The summed E-state index contributed by atoms with van der Waals surface area (Å²) in [6.07, 6.45) is 4.31. The number of para-hydroxylation sites is 1. The average molecular weight is 347 g/mol. The summed E-state index contributed by atoms with van der Waals surface area (Å²) in [7, 11) is 0. The number of nitrogens with zero attached hydrogens (tertiary/aromatic N) is 3. The van der Waals surface area contributed by atoms with Crippen LogP contribution in [-0.4, -0.2) is 21.1 Å². The maximum Gasteiger partial charge on any atom is 0.272 e. The van der Waals surface area contributed by atoms with Crippen molar-refractivity contribution in [1.82, 2.24) is 20.5 Å². The van der Waals surface area contributed by atoms with E-state index < -0.39 is 0 Å². The summed E-state index contributed by atoms with van der Waals surface area (Å²) < 4.78 is 0. The molecule has 132 valence electrons. The van der Waals surface area contributed by atoms with Gasteiger partial charge in [-0.15, -0.1) is 10.2 Å². The van der Waals surface area contributed by atoms with E-state index in [2.05, 4.69) is 51.8 Å². The van der Waals surface area contributed by atoms with E-state index >= 15 is 0 Å². The average Bonchev–Trinajstić information content (AvgIpc) is 2.69. The fourth-order valence-corrected chi connectivity index (χ4v) is 2.62. The van der Waals surface area contributed by atoms with Crippen molar-refractivity contribution in [3.8, 4) is 0 Å². The molecule has 6 nitrogen and oxygen atoms in total. The number of pyridine rings is 1. The number of hydrogen-bond donors (Lipinski definition) is 2. The second-order valence-corrected chi connectivity index (χ2v) is 5.93. The lowest BCUT2D eigenvalue weighted by Gasteiger charge is -2.13. The third kappa shape index (κ3) is 4.22. The Balaban J connectivity index is 1.66. The van der Waals surface area contributed by atoms with Crippen LogP contribution >= 0.6 is 0 Å². The van der Waals surface area contributed by atoms with E-state index in [9.17, 15) is 4.79 Å².